The van der Waals surface area contributed by atoms with E-state index >= 15 is 0 Å². The topological polar surface area (TPSA) is 149 Å². The molecule has 2 saturated carbocycles. The average molecular weight is 681 g/mol. The van der Waals surface area contributed by atoms with Gasteiger partial charge < -0.3 is 29.7 Å². The maximum Gasteiger partial charge on any atom is 0.330 e. The van der Waals surface area contributed by atoms with E-state index in [0.29, 0.717) is 24.0 Å². The number of alkyl halides is 2. The predicted molar refractivity (Wildman–Crippen MR) is 178 cm³/mol. The number of allylic oxidation sites excluding steroid dienone is 1. The minimum atomic E-state index is -2.80. The molecule has 5 rings (SSSR count). The number of halogens is 2. The van der Waals surface area contributed by atoms with Crippen molar-refractivity contribution >= 4 is 40.3 Å². The van der Waals surface area contributed by atoms with Gasteiger partial charge >= 0.3 is 5.97 Å². The Morgan fingerprint density at radius 3 is 2.59 bits per heavy atom. The summed E-state index contributed by atoms with van der Waals surface area (Å²) in [5, 5.41) is 8.99. The molecule has 0 aliphatic heterocycles. The minimum absolute atomic E-state index is 0.0128. The summed E-state index contributed by atoms with van der Waals surface area (Å²) in [7, 11) is 1.23. The summed E-state index contributed by atoms with van der Waals surface area (Å²) in [5.41, 5.74) is -0.460. The molecule has 2 aliphatic rings. The van der Waals surface area contributed by atoms with Crippen LogP contribution in [-0.4, -0.2) is 52.9 Å². The van der Waals surface area contributed by atoms with Gasteiger partial charge in [-0.1, -0.05) is 38.1 Å². The lowest BCUT2D eigenvalue weighted by atomic mass is 9.59. The zero-order valence-electron chi connectivity index (χ0n) is 28.0. The maximum absolute atomic E-state index is 14.9. The molecule has 3 N–H and O–H groups in total. The van der Waals surface area contributed by atoms with Crippen LogP contribution < -0.4 is 21.5 Å². The van der Waals surface area contributed by atoms with Crippen LogP contribution in [0, 0.1) is 24.7 Å². The first kappa shape index (κ1) is 35.5. The highest BCUT2D eigenvalue weighted by Gasteiger charge is 2.58. The summed E-state index contributed by atoms with van der Waals surface area (Å²) in [6.07, 6.45) is 5.68. The van der Waals surface area contributed by atoms with Gasteiger partial charge in [-0.2, -0.15) is 0 Å². The van der Waals surface area contributed by atoms with E-state index in [-0.39, 0.29) is 49.6 Å². The van der Waals surface area contributed by atoms with E-state index in [1.807, 2.05) is 19.1 Å². The zero-order valence-corrected chi connectivity index (χ0v) is 28.0. The highest BCUT2D eigenvalue weighted by atomic mass is 19.3. The number of hydrogen-bond donors (Lipinski definition) is 3. The number of anilines is 1. The molecule has 49 heavy (non-hydrogen) atoms. The Hall–Kier alpha value is -4.81. The molecule has 2 aromatic heterocycles. The van der Waals surface area contributed by atoms with Crippen LogP contribution in [0.25, 0.3) is 11.0 Å². The third-order valence-electron chi connectivity index (χ3n) is 9.71. The monoisotopic (exact) mass is 680 g/mol. The first-order valence-corrected chi connectivity index (χ1v) is 16.5. The number of ether oxygens (including phenoxy) is 1. The molecule has 262 valence electrons. The molecule has 13 heteroatoms. The Bertz CT molecular complexity index is 1830. The number of para-hydroxylation sites is 1. The fourth-order valence-electron chi connectivity index (χ4n) is 7.47. The second-order valence-corrected chi connectivity index (χ2v) is 13.5. The highest BCUT2D eigenvalue weighted by molar-refractivity contribution is 6.03. The largest absolute Gasteiger partial charge is 0.466 e. The van der Waals surface area contributed by atoms with Crippen molar-refractivity contribution in [3.05, 3.63) is 76.4 Å². The quantitative estimate of drug-likeness (QED) is 0.188. The van der Waals surface area contributed by atoms with Crippen LogP contribution in [0.15, 0.2) is 64.0 Å². The number of amides is 3. The van der Waals surface area contributed by atoms with Crippen LogP contribution in [-0.2, 0) is 25.7 Å². The van der Waals surface area contributed by atoms with Gasteiger partial charge in [-0.05, 0) is 69.6 Å². The van der Waals surface area contributed by atoms with Gasteiger partial charge in [-0.3, -0.25) is 19.2 Å². The fraction of sp³-hybridized carbons (Fsp3) is 0.472. The molecule has 4 unspecified atom stereocenters. The standard InChI is InChI=1S/C36H42F2N4O7/c1-21-16-24-19-35(17-21,18-22(2)36(24,37)38)41-29(43)20-42-15-9-12-27(34(42)47)40-32(45)26(11-6-8-14-30(44)48-4)39-33(46)31-23(3)25-10-5-7-13-28(25)49-31/h5,7-10,12-15,21-22,24,26H,6,11,16-20H2,1-4H3,(H,39,46)(H,40,45)(H,41,43)/b14-8+/t21?,22?,24?,26-,35?/m0/s1. The van der Waals surface area contributed by atoms with E-state index in [1.54, 1.807) is 19.1 Å². The van der Waals surface area contributed by atoms with E-state index < -0.39 is 58.6 Å². The predicted octanol–water partition coefficient (Wildman–Crippen LogP) is 5.12. The fourth-order valence-corrected chi connectivity index (χ4v) is 7.47. The van der Waals surface area contributed by atoms with Crippen LogP contribution in [0.3, 0.4) is 0 Å². The van der Waals surface area contributed by atoms with Gasteiger partial charge in [0.15, 0.2) is 5.76 Å². The van der Waals surface area contributed by atoms with Crippen molar-refractivity contribution in [2.75, 3.05) is 12.4 Å². The molecule has 11 nitrogen and oxygen atoms in total. The number of pyridine rings is 1. The molecule has 1 aromatic carbocycles. The minimum Gasteiger partial charge on any atom is -0.466 e. The van der Waals surface area contributed by atoms with E-state index in [2.05, 4.69) is 20.7 Å². The number of benzene rings is 1. The molecule has 3 aromatic rings. The van der Waals surface area contributed by atoms with Crippen molar-refractivity contribution < 1.29 is 37.1 Å². The highest BCUT2D eigenvalue weighted by Crippen LogP contribution is 2.54. The van der Waals surface area contributed by atoms with Gasteiger partial charge in [0.05, 0.1) is 7.11 Å². The normalized spacial score (nSPS) is 23.5. The molecular weight excluding hydrogens is 638 g/mol. The maximum atomic E-state index is 14.9. The van der Waals surface area contributed by atoms with Crippen LogP contribution in [0.1, 0.15) is 68.5 Å². The number of aromatic nitrogens is 1. The second-order valence-electron chi connectivity index (χ2n) is 13.5. The Kier molecular flexibility index (Phi) is 10.4. The summed E-state index contributed by atoms with van der Waals surface area (Å²) in [4.78, 5) is 65.1. The molecule has 2 aliphatic carbocycles. The number of methoxy groups -OCH3 is 1. The van der Waals surface area contributed by atoms with E-state index in [4.69, 9.17) is 4.42 Å². The Labute approximate surface area is 282 Å². The number of nitrogens with one attached hydrogen (secondary N) is 3. The van der Waals surface area contributed by atoms with Gasteiger partial charge in [0.1, 0.15) is 23.9 Å². The first-order chi connectivity index (χ1) is 23.2. The number of esters is 1. The molecule has 2 bridgehead atoms. The van der Waals surface area contributed by atoms with Gasteiger partial charge in [-0.15, -0.1) is 0 Å². The molecule has 5 atom stereocenters. The number of rotatable bonds is 11. The van der Waals surface area contributed by atoms with Crippen LogP contribution >= 0.6 is 0 Å². The van der Waals surface area contributed by atoms with E-state index in [9.17, 15) is 32.8 Å². The molecule has 0 saturated heterocycles. The van der Waals surface area contributed by atoms with E-state index in [1.165, 1.54) is 44.5 Å². The Morgan fingerprint density at radius 2 is 1.86 bits per heavy atom. The van der Waals surface area contributed by atoms with Crippen molar-refractivity contribution in [1.29, 1.82) is 0 Å². The second kappa shape index (κ2) is 14.4. The molecule has 2 fully saturated rings. The van der Waals surface area contributed by atoms with Crippen molar-refractivity contribution in [1.82, 2.24) is 15.2 Å². The van der Waals surface area contributed by atoms with Gasteiger partial charge in [-0.25, -0.2) is 13.6 Å². The Morgan fingerprint density at radius 1 is 1.10 bits per heavy atom. The molecule has 3 amide bonds. The SMILES string of the molecule is COC(=O)/C=C/CC[C@H](NC(=O)c1oc2ccccc2c1C)C(=O)Nc1cccn(CC(=O)NC23CC(C)CC(C2)C(F)(F)C(C)C3)c1=O. The first-order valence-electron chi connectivity index (χ1n) is 16.5. The number of carbonyl (C=O) groups excluding carboxylic acids is 4. The van der Waals surface area contributed by atoms with Crippen LogP contribution in [0.2, 0.25) is 0 Å². The number of fused-ring (bicyclic) bond motifs is 3. The lowest BCUT2D eigenvalue weighted by molar-refractivity contribution is -0.171. The summed E-state index contributed by atoms with van der Waals surface area (Å²) >= 11 is 0. The lowest BCUT2D eigenvalue weighted by Gasteiger charge is -2.53. The molecule has 0 spiro atoms. The van der Waals surface area contributed by atoms with Crippen LogP contribution in [0.4, 0.5) is 14.5 Å². The summed E-state index contributed by atoms with van der Waals surface area (Å²) in [6, 6.07) is 8.85. The van der Waals surface area contributed by atoms with E-state index in [0.717, 1.165) is 9.95 Å². The average Bonchev–Trinajstić information content (AvgIpc) is 3.39. The number of aryl methyl sites for hydroxylation is 1. The number of hydrogen-bond acceptors (Lipinski definition) is 7. The smallest absolute Gasteiger partial charge is 0.330 e. The number of nitrogens with zero attached hydrogens (tertiary/aromatic N) is 1. The lowest BCUT2D eigenvalue weighted by Crippen LogP contribution is -2.62. The van der Waals surface area contributed by atoms with Gasteiger partial charge in [0.25, 0.3) is 17.4 Å². The van der Waals surface area contributed by atoms with Crippen molar-refractivity contribution in [3.8, 4) is 0 Å². The van der Waals surface area contributed by atoms with Crippen molar-refractivity contribution in [2.45, 2.75) is 83.3 Å². The van der Waals surface area contributed by atoms with Crippen molar-refractivity contribution in [3.63, 3.8) is 0 Å². The molecule has 0 radical (unpaired) electrons. The zero-order chi connectivity index (χ0) is 35.5. The summed E-state index contributed by atoms with van der Waals surface area (Å²) in [5.74, 6) is -6.86. The Balaban J connectivity index is 1.30. The third-order valence-corrected chi connectivity index (χ3v) is 9.71. The summed E-state index contributed by atoms with van der Waals surface area (Å²) < 4.78 is 41.2. The van der Waals surface area contributed by atoms with Gasteiger partial charge in [0, 0.05) is 40.6 Å². The number of furan rings is 1. The van der Waals surface area contributed by atoms with Crippen molar-refractivity contribution in [2.24, 2.45) is 17.8 Å². The third kappa shape index (κ3) is 7.76. The molecular formula is C36H42F2N4O7. The molecule has 2 heterocycles. The summed E-state index contributed by atoms with van der Waals surface area (Å²) in [6.45, 7) is 4.79. The number of carbonyl (C=O) groups is 4. The van der Waals surface area contributed by atoms with Gasteiger partial charge in [0.2, 0.25) is 11.8 Å². The van der Waals surface area contributed by atoms with Crippen LogP contribution in [0.5, 0.6) is 0 Å².